The quantitative estimate of drug-likeness (QED) is 0.869. The number of hydrogen-bond donors (Lipinski definition) is 1. The van der Waals surface area contributed by atoms with E-state index < -0.39 is 0 Å². The van der Waals surface area contributed by atoms with E-state index in [4.69, 9.17) is 10.5 Å². The van der Waals surface area contributed by atoms with Crippen LogP contribution in [0.1, 0.15) is 27.1 Å². The summed E-state index contributed by atoms with van der Waals surface area (Å²) in [5.41, 5.74) is 8.61. The third-order valence-corrected chi connectivity index (χ3v) is 5.22. The zero-order valence-electron chi connectivity index (χ0n) is 15.7. The summed E-state index contributed by atoms with van der Waals surface area (Å²) in [4.78, 5) is 33.5. The molecule has 0 spiro atoms. The van der Waals surface area contributed by atoms with E-state index in [2.05, 4.69) is 4.98 Å². The van der Waals surface area contributed by atoms with Gasteiger partial charge in [-0.15, -0.1) is 0 Å². The van der Waals surface area contributed by atoms with Crippen molar-refractivity contribution in [1.82, 2.24) is 14.8 Å². The van der Waals surface area contributed by atoms with E-state index in [0.29, 0.717) is 56.2 Å². The van der Waals surface area contributed by atoms with E-state index >= 15 is 0 Å². The lowest BCUT2D eigenvalue weighted by Crippen LogP contribution is -2.40. The molecule has 7 heteroatoms. The second kappa shape index (κ2) is 8.08. The van der Waals surface area contributed by atoms with Crippen molar-refractivity contribution in [3.8, 4) is 11.3 Å². The van der Waals surface area contributed by atoms with E-state index in [0.717, 1.165) is 12.0 Å². The summed E-state index contributed by atoms with van der Waals surface area (Å²) in [5.74, 6) is -0.0411. The zero-order valence-corrected chi connectivity index (χ0v) is 15.7. The first-order valence-corrected chi connectivity index (χ1v) is 9.60. The molecule has 3 heterocycles. The predicted molar refractivity (Wildman–Crippen MR) is 105 cm³/mol. The number of nitrogens with zero attached hydrogens (tertiary/aromatic N) is 3. The Hall–Kier alpha value is -2.77. The van der Waals surface area contributed by atoms with Crippen LogP contribution in [0.2, 0.25) is 0 Å². The number of benzene rings is 1. The Morgan fingerprint density at radius 3 is 2.50 bits per heavy atom. The molecular weight excluding hydrogens is 356 g/mol. The van der Waals surface area contributed by atoms with E-state index in [1.807, 2.05) is 18.2 Å². The third-order valence-electron chi connectivity index (χ3n) is 5.22. The summed E-state index contributed by atoms with van der Waals surface area (Å²) in [6, 6.07) is 10.9. The summed E-state index contributed by atoms with van der Waals surface area (Å²) in [5, 5.41) is 0. The molecule has 2 aromatic rings. The monoisotopic (exact) mass is 380 g/mol. The van der Waals surface area contributed by atoms with Crippen molar-refractivity contribution in [3.63, 3.8) is 0 Å². The van der Waals surface area contributed by atoms with Gasteiger partial charge < -0.3 is 20.3 Å². The minimum Gasteiger partial charge on any atom is -0.378 e. The molecule has 0 unspecified atom stereocenters. The fraction of sp³-hybridized carbons (Fsp3) is 0.381. The molecule has 2 saturated heterocycles. The molecule has 0 saturated carbocycles. The number of hydrogen-bond acceptors (Lipinski definition) is 5. The molecule has 146 valence electrons. The van der Waals surface area contributed by atoms with Crippen molar-refractivity contribution in [2.45, 2.75) is 12.5 Å². The molecule has 7 nitrogen and oxygen atoms in total. The molecule has 2 N–H and O–H groups in total. The van der Waals surface area contributed by atoms with Crippen LogP contribution >= 0.6 is 0 Å². The molecule has 2 aliphatic rings. The Bertz CT molecular complexity index is 821. The maximum Gasteiger partial charge on any atom is 0.254 e. The molecule has 1 aromatic carbocycles. The van der Waals surface area contributed by atoms with Gasteiger partial charge in [-0.05, 0) is 30.7 Å². The van der Waals surface area contributed by atoms with Gasteiger partial charge >= 0.3 is 0 Å². The van der Waals surface area contributed by atoms with Gasteiger partial charge in [0.15, 0.2) is 0 Å². The number of morpholine rings is 1. The topological polar surface area (TPSA) is 88.8 Å². The number of carbonyl (C=O) groups excluding carboxylic acids is 2. The minimum absolute atomic E-state index is 0.0182. The lowest BCUT2D eigenvalue weighted by molar-refractivity contribution is 0.0303. The first kappa shape index (κ1) is 18.6. The number of aromatic nitrogens is 1. The van der Waals surface area contributed by atoms with Crippen molar-refractivity contribution < 1.29 is 14.3 Å². The highest BCUT2D eigenvalue weighted by atomic mass is 16.5. The van der Waals surface area contributed by atoms with Crippen LogP contribution in [-0.4, -0.2) is 72.0 Å². The highest BCUT2D eigenvalue weighted by Crippen LogP contribution is 2.22. The number of pyridine rings is 1. The fourth-order valence-electron chi connectivity index (χ4n) is 3.64. The highest BCUT2D eigenvalue weighted by molar-refractivity contribution is 5.97. The standard InChI is InChI=1S/C21H24N4O3/c22-18-5-7-25(14-18)21(27)16-3-1-2-15(12-16)19-13-17(4-6-23-19)20(26)24-8-10-28-11-9-24/h1-4,6,12-13,18H,5,7-11,14,22H2/t18-/m1/s1. The van der Waals surface area contributed by atoms with Gasteiger partial charge in [0.2, 0.25) is 0 Å². The average Bonchev–Trinajstić information content (AvgIpc) is 3.20. The molecule has 2 fully saturated rings. The number of rotatable bonds is 3. The van der Waals surface area contributed by atoms with Crippen molar-refractivity contribution in [3.05, 3.63) is 53.7 Å². The van der Waals surface area contributed by atoms with E-state index in [1.165, 1.54) is 0 Å². The summed E-state index contributed by atoms with van der Waals surface area (Å²) < 4.78 is 5.31. The van der Waals surface area contributed by atoms with Crippen molar-refractivity contribution in [2.75, 3.05) is 39.4 Å². The van der Waals surface area contributed by atoms with Crippen LogP contribution in [0, 0.1) is 0 Å². The summed E-state index contributed by atoms with van der Waals surface area (Å²) >= 11 is 0. The van der Waals surface area contributed by atoms with E-state index in [-0.39, 0.29) is 17.9 Å². The largest absolute Gasteiger partial charge is 0.378 e. The van der Waals surface area contributed by atoms with Gasteiger partial charge in [0.05, 0.1) is 18.9 Å². The van der Waals surface area contributed by atoms with Gasteiger partial charge in [0.25, 0.3) is 11.8 Å². The number of ether oxygens (including phenoxy) is 1. The van der Waals surface area contributed by atoms with Crippen molar-refractivity contribution in [1.29, 1.82) is 0 Å². The normalized spacial score (nSPS) is 19.7. The molecular formula is C21H24N4O3. The van der Waals surface area contributed by atoms with Gasteiger partial charge in [0, 0.05) is 55.1 Å². The van der Waals surface area contributed by atoms with Crippen LogP contribution in [-0.2, 0) is 4.74 Å². The lowest BCUT2D eigenvalue weighted by Gasteiger charge is -2.26. The van der Waals surface area contributed by atoms with Gasteiger partial charge in [0.1, 0.15) is 0 Å². The Balaban J connectivity index is 1.56. The summed E-state index contributed by atoms with van der Waals surface area (Å²) in [6.45, 7) is 3.59. The first-order valence-electron chi connectivity index (χ1n) is 9.60. The van der Waals surface area contributed by atoms with Gasteiger partial charge in [-0.25, -0.2) is 0 Å². The zero-order chi connectivity index (χ0) is 19.5. The molecule has 1 atom stereocenters. The first-order chi connectivity index (χ1) is 13.6. The molecule has 0 aliphatic carbocycles. The second-order valence-corrected chi connectivity index (χ2v) is 7.22. The number of likely N-dealkylation sites (tertiary alicyclic amines) is 1. The maximum atomic E-state index is 12.7. The maximum absolute atomic E-state index is 12.7. The molecule has 4 rings (SSSR count). The molecule has 28 heavy (non-hydrogen) atoms. The second-order valence-electron chi connectivity index (χ2n) is 7.22. The van der Waals surface area contributed by atoms with Gasteiger partial charge in [-0.1, -0.05) is 12.1 Å². The van der Waals surface area contributed by atoms with Crippen LogP contribution in [0.3, 0.4) is 0 Å². The van der Waals surface area contributed by atoms with Crippen LogP contribution < -0.4 is 5.73 Å². The van der Waals surface area contributed by atoms with Crippen LogP contribution in [0.25, 0.3) is 11.3 Å². The van der Waals surface area contributed by atoms with E-state index in [1.54, 1.807) is 34.2 Å². The van der Waals surface area contributed by atoms with E-state index in [9.17, 15) is 9.59 Å². The fourth-order valence-corrected chi connectivity index (χ4v) is 3.64. The van der Waals surface area contributed by atoms with Crippen molar-refractivity contribution in [2.24, 2.45) is 5.73 Å². The SMILES string of the molecule is N[C@@H]1CCN(C(=O)c2cccc(-c3cc(C(=O)N4CCOCC4)ccn3)c2)C1. The van der Waals surface area contributed by atoms with Crippen LogP contribution in [0.5, 0.6) is 0 Å². The van der Waals surface area contributed by atoms with Crippen molar-refractivity contribution >= 4 is 11.8 Å². The summed E-state index contributed by atoms with van der Waals surface area (Å²) in [6.07, 6.45) is 2.47. The highest BCUT2D eigenvalue weighted by Gasteiger charge is 2.25. The van der Waals surface area contributed by atoms with Crippen LogP contribution in [0.4, 0.5) is 0 Å². The predicted octanol–water partition coefficient (Wildman–Crippen LogP) is 1.39. The molecule has 2 aliphatic heterocycles. The Morgan fingerprint density at radius 1 is 1.00 bits per heavy atom. The van der Waals surface area contributed by atoms with Gasteiger partial charge in [-0.3, -0.25) is 14.6 Å². The summed E-state index contributed by atoms with van der Waals surface area (Å²) in [7, 11) is 0. The molecule has 0 bridgehead atoms. The minimum atomic E-state index is -0.0229. The smallest absolute Gasteiger partial charge is 0.254 e. The van der Waals surface area contributed by atoms with Crippen LogP contribution in [0.15, 0.2) is 42.6 Å². The van der Waals surface area contributed by atoms with Gasteiger partial charge in [-0.2, -0.15) is 0 Å². The molecule has 0 radical (unpaired) electrons. The average molecular weight is 380 g/mol. The third kappa shape index (κ3) is 3.90. The molecule has 2 amide bonds. The number of amides is 2. The lowest BCUT2D eigenvalue weighted by atomic mass is 10.0. The molecule has 1 aromatic heterocycles. The number of carbonyl (C=O) groups is 2. The Labute approximate surface area is 164 Å². The Morgan fingerprint density at radius 2 is 1.75 bits per heavy atom. The number of nitrogens with two attached hydrogens (primary N) is 1. The Kier molecular flexibility index (Phi) is 5.36.